The van der Waals surface area contributed by atoms with E-state index in [1.807, 2.05) is 60.9 Å². The van der Waals surface area contributed by atoms with E-state index in [0.29, 0.717) is 13.1 Å². The van der Waals surface area contributed by atoms with Crippen LogP contribution in [0.15, 0.2) is 59.5 Å². The zero-order valence-corrected chi connectivity index (χ0v) is 14.4. The van der Waals surface area contributed by atoms with Crippen molar-refractivity contribution in [2.24, 2.45) is 5.92 Å². The van der Waals surface area contributed by atoms with Gasteiger partial charge < -0.3 is 10.2 Å². The number of anilines is 1. The second kappa shape index (κ2) is 7.53. The lowest BCUT2D eigenvalue weighted by atomic mass is 10.1. The summed E-state index contributed by atoms with van der Waals surface area (Å²) in [6.07, 6.45) is 2.28. The van der Waals surface area contributed by atoms with Crippen molar-refractivity contribution >= 4 is 29.3 Å². The largest absolute Gasteiger partial charge is 0.338 e. The lowest BCUT2D eigenvalue weighted by molar-refractivity contribution is -0.128. The van der Waals surface area contributed by atoms with E-state index in [9.17, 15) is 9.59 Å². The molecular formula is C19H20N2O2S. The molecule has 0 bridgehead atoms. The molecule has 0 aromatic heterocycles. The van der Waals surface area contributed by atoms with Gasteiger partial charge >= 0.3 is 0 Å². The predicted octanol–water partition coefficient (Wildman–Crippen LogP) is 3.40. The first-order chi connectivity index (χ1) is 11.7. The highest BCUT2D eigenvalue weighted by molar-refractivity contribution is 7.98. The number of likely N-dealkylation sites (tertiary alicyclic amines) is 1. The molecule has 1 atom stereocenters. The minimum atomic E-state index is -0.292. The Hall–Kier alpha value is -2.27. The van der Waals surface area contributed by atoms with E-state index in [1.54, 1.807) is 16.7 Å². The predicted molar refractivity (Wildman–Crippen MR) is 96.8 cm³/mol. The minimum Gasteiger partial charge on any atom is -0.338 e. The van der Waals surface area contributed by atoms with Crippen LogP contribution in [-0.4, -0.2) is 29.5 Å². The molecule has 1 N–H and O–H groups in total. The van der Waals surface area contributed by atoms with Crippen molar-refractivity contribution in [3.05, 3.63) is 60.2 Å². The number of benzene rings is 2. The fraction of sp³-hybridized carbons (Fsp3) is 0.263. The van der Waals surface area contributed by atoms with E-state index in [0.717, 1.165) is 16.1 Å². The second-order valence-electron chi connectivity index (χ2n) is 5.88. The Morgan fingerprint density at radius 3 is 2.75 bits per heavy atom. The number of thioether (sulfide) groups is 1. The maximum atomic E-state index is 12.5. The van der Waals surface area contributed by atoms with Crippen LogP contribution in [0.2, 0.25) is 0 Å². The summed E-state index contributed by atoms with van der Waals surface area (Å²) in [4.78, 5) is 27.5. The summed E-state index contributed by atoms with van der Waals surface area (Å²) < 4.78 is 0. The van der Waals surface area contributed by atoms with Gasteiger partial charge in [-0.1, -0.05) is 36.4 Å². The number of nitrogens with one attached hydrogen (secondary N) is 1. The quantitative estimate of drug-likeness (QED) is 0.849. The van der Waals surface area contributed by atoms with Crippen molar-refractivity contribution in [1.82, 2.24) is 4.90 Å². The van der Waals surface area contributed by atoms with E-state index >= 15 is 0 Å². The van der Waals surface area contributed by atoms with Crippen LogP contribution < -0.4 is 5.32 Å². The molecule has 2 aromatic rings. The molecule has 0 saturated carbocycles. The van der Waals surface area contributed by atoms with Crippen LogP contribution in [0.25, 0.3) is 0 Å². The van der Waals surface area contributed by atoms with Gasteiger partial charge in [-0.2, -0.15) is 0 Å². The van der Waals surface area contributed by atoms with Gasteiger partial charge in [-0.15, -0.1) is 11.8 Å². The summed E-state index contributed by atoms with van der Waals surface area (Å²) in [6.45, 7) is 1.03. The first-order valence-electron chi connectivity index (χ1n) is 7.92. The molecule has 1 heterocycles. The van der Waals surface area contributed by atoms with Gasteiger partial charge in [0.15, 0.2) is 0 Å². The molecule has 1 aliphatic rings. The number of rotatable bonds is 5. The Labute approximate surface area is 146 Å². The number of carbonyl (C=O) groups excluding carboxylic acids is 2. The Morgan fingerprint density at radius 1 is 1.21 bits per heavy atom. The van der Waals surface area contributed by atoms with E-state index < -0.39 is 0 Å². The van der Waals surface area contributed by atoms with Gasteiger partial charge in [-0.05, 0) is 30.0 Å². The van der Waals surface area contributed by atoms with Gasteiger partial charge in [0.25, 0.3) is 0 Å². The lowest BCUT2D eigenvalue weighted by Gasteiger charge is -2.16. The molecule has 0 aliphatic carbocycles. The van der Waals surface area contributed by atoms with Gasteiger partial charge in [-0.3, -0.25) is 9.59 Å². The van der Waals surface area contributed by atoms with Crippen molar-refractivity contribution < 1.29 is 9.59 Å². The summed E-state index contributed by atoms with van der Waals surface area (Å²) in [7, 11) is 0. The zero-order chi connectivity index (χ0) is 16.9. The van der Waals surface area contributed by atoms with Crippen LogP contribution >= 0.6 is 11.8 Å². The topological polar surface area (TPSA) is 49.4 Å². The average molecular weight is 340 g/mol. The zero-order valence-electron chi connectivity index (χ0n) is 13.6. The Bertz CT molecular complexity index is 733. The molecule has 5 heteroatoms. The Balaban J connectivity index is 1.61. The summed E-state index contributed by atoms with van der Waals surface area (Å²) in [5.41, 5.74) is 1.86. The van der Waals surface area contributed by atoms with Crippen molar-refractivity contribution in [3.63, 3.8) is 0 Å². The smallest absolute Gasteiger partial charge is 0.229 e. The molecule has 24 heavy (non-hydrogen) atoms. The van der Waals surface area contributed by atoms with Gasteiger partial charge in [-0.25, -0.2) is 0 Å². The Morgan fingerprint density at radius 2 is 2.00 bits per heavy atom. The van der Waals surface area contributed by atoms with Crippen molar-refractivity contribution in [2.75, 3.05) is 18.1 Å². The number of amides is 2. The first kappa shape index (κ1) is 16.6. The van der Waals surface area contributed by atoms with Crippen LogP contribution in [-0.2, 0) is 16.1 Å². The van der Waals surface area contributed by atoms with Crippen LogP contribution in [0.4, 0.5) is 5.69 Å². The normalized spacial score (nSPS) is 17.1. The van der Waals surface area contributed by atoms with E-state index in [2.05, 4.69) is 5.32 Å². The summed E-state index contributed by atoms with van der Waals surface area (Å²) in [5, 5.41) is 2.93. The Kier molecular flexibility index (Phi) is 5.20. The fourth-order valence-corrected chi connectivity index (χ4v) is 3.31. The number of nitrogens with zero attached hydrogens (tertiary/aromatic N) is 1. The molecule has 4 nitrogen and oxygen atoms in total. The molecule has 1 aliphatic heterocycles. The van der Waals surface area contributed by atoms with Crippen LogP contribution in [0.3, 0.4) is 0 Å². The molecule has 2 aromatic carbocycles. The maximum Gasteiger partial charge on any atom is 0.229 e. The van der Waals surface area contributed by atoms with Crippen LogP contribution in [0.1, 0.15) is 12.0 Å². The van der Waals surface area contributed by atoms with Gasteiger partial charge in [0, 0.05) is 30.1 Å². The number of carbonyl (C=O) groups is 2. The monoisotopic (exact) mass is 340 g/mol. The molecule has 0 spiro atoms. The first-order valence-corrected chi connectivity index (χ1v) is 9.15. The third-order valence-electron chi connectivity index (χ3n) is 4.14. The van der Waals surface area contributed by atoms with Gasteiger partial charge in [0.05, 0.1) is 5.92 Å². The van der Waals surface area contributed by atoms with Gasteiger partial charge in [0.2, 0.25) is 11.8 Å². The van der Waals surface area contributed by atoms with Gasteiger partial charge in [0.1, 0.15) is 0 Å². The summed E-state index contributed by atoms with van der Waals surface area (Å²) in [5.74, 6) is -0.340. The third kappa shape index (κ3) is 3.97. The molecule has 1 saturated heterocycles. The SMILES string of the molecule is CSc1cccc(NC(=O)[C@@H]2CC(=O)N(Cc3ccccc3)C2)c1. The standard InChI is InChI=1S/C19H20N2O2S/c1-24-17-9-5-8-16(11-17)20-19(23)15-10-18(22)21(13-15)12-14-6-3-2-4-7-14/h2-9,11,15H,10,12-13H2,1H3,(H,20,23)/t15-/m1/s1. The van der Waals surface area contributed by atoms with Crippen LogP contribution in [0.5, 0.6) is 0 Å². The maximum absolute atomic E-state index is 12.5. The van der Waals surface area contributed by atoms with Crippen molar-refractivity contribution in [3.8, 4) is 0 Å². The molecule has 2 amide bonds. The molecule has 1 fully saturated rings. The summed E-state index contributed by atoms with van der Waals surface area (Å²) in [6, 6.07) is 17.6. The highest BCUT2D eigenvalue weighted by Crippen LogP contribution is 2.23. The minimum absolute atomic E-state index is 0.0388. The third-order valence-corrected chi connectivity index (χ3v) is 4.86. The summed E-state index contributed by atoms with van der Waals surface area (Å²) >= 11 is 1.63. The molecule has 0 unspecified atom stereocenters. The van der Waals surface area contributed by atoms with Crippen LogP contribution in [0, 0.1) is 5.92 Å². The molecule has 124 valence electrons. The molecule has 3 rings (SSSR count). The van der Waals surface area contributed by atoms with E-state index in [1.165, 1.54) is 0 Å². The van der Waals surface area contributed by atoms with Crippen molar-refractivity contribution in [2.45, 2.75) is 17.9 Å². The molecule has 0 radical (unpaired) electrons. The fourth-order valence-electron chi connectivity index (χ4n) is 2.85. The second-order valence-corrected chi connectivity index (χ2v) is 6.76. The van der Waals surface area contributed by atoms with Crippen molar-refractivity contribution in [1.29, 1.82) is 0 Å². The lowest BCUT2D eigenvalue weighted by Crippen LogP contribution is -2.28. The highest BCUT2D eigenvalue weighted by atomic mass is 32.2. The average Bonchev–Trinajstić information content (AvgIpc) is 2.97. The van der Waals surface area contributed by atoms with E-state index in [4.69, 9.17) is 0 Å². The molecular weight excluding hydrogens is 320 g/mol. The highest BCUT2D eigenvalue weighted by Gasteiger charge is 2.34. The van der Waals surface area contributed by atoms with E-state index in [-0.39, 0.29) is 24.2 Å². The number of hydrogen-bond acceptors (Lipinski definition) is 3. The number of hydrogen-bond donors (Lipinski definition) is 1.